The molecule has 2 aromatic heterocycles. The van der Waals surface area contributed by atoms with Gasteiger partial charge in [-0.1, -0.05) is 0 Å². The number of nitrogens with one attached hydrogen (secondary N) is 2. The van der Waals surface area contributed by atoms with Gasteiger partial charge in [0.25, 0.3) is 5.56 Å². The quantitative estimate of drug-likeness (QED) is 0.692. The Morgan fingerprint density at radius 1 is 1.19 bits per heavy atom. The van der Waals surface area contributed by atoms with Crippen LogP contribution in [0.4, 0.5) is 17.2 Å². The summed E-state index contributed by atoms with van der Waals surface area (Å²) in [5.41, 5.74) is 1.99. The van der Waals surface area contributed by atoms with E-state index in [4.69, 9.17) is 4.74 Å². The lowest BCUT2D eigenvalue weighted by Crippen LogP contribution is -2.36. The molecule has 0 unspecified atom stereocenters. The maximum Gasteiger partial charge on any atom is 0.259 e. The molecule has 1 aromatic carbocycles. The van der Waals surface area contributed by atoms with E-state index in [2.05, 4.69) is 20.2 Å². The third-order valence-corrected chi connectivity index (χ3v) is 4.62. The van der Waals surface area contributed by atoms with Gasteiger partial charge in [0.2, 0.25) is 0 Å². The van der Waals surface area contributed by atoms with Crippen molar-refractivity contribution in [3.63, 3.8) is 0 Å². The van der Waals surface area contributed by atoms with Crippen molar-refractivity contribution in [3.05, 3.63) is 58.6 Å². The number of pyridine rings is 2. The van der Waals surface area contributed by atoms with Crippen molar-refractivity contribution in [2.45, 2.75) is 6.92 Å². The van der Waals surface area contributed by atoms with Crippen molar-refractivity contribution < 1.29 is 9.53 Å². The number of aromatic nitrogens is 2. The van der Waals surface area contributed by atoms with Crippen LogP contribution in [-0.2, 0) is 4.74 Å². The van der Waals surface area contributed by atoms with Crippen molar-refractivity contribution in [3.8, 4) is 0 Å². The first-order chi connectivity index (χ1) is 13.1. The molecule has 4 rings (SSSR count). The number of benzene rings is 1. The summed E-state index contributed by atoms with van der Waals surface area (Å²) in [6, 6.07) is 11.3. The Kier molecular flexibility index (Phi) is 4.60. The van der Waals surface area contributed by atoms with E-state index in [1.54, 1.807) is 18.3 Å². The Morgan fingerprint density at radius 3 is 2.63 bits per heavy atom. The fraction of sp³-hybridized carbons (Fsp3) is 0.250. The molecule has 0 spiro atoms. The summed E-state index contributed by atoms with van der Waals surface area (Å²) in [6.07, 6.45) is 1.56. The van der Waals surface area contributed by atoms with Crippen LogP contribution in [0.25, 0.3) is 10.8 Å². The van der Waals surface area contributed by atoms with Crippen LogP contribution in [0.2, 0.25) is 0 Å². The molecule has 3 heterocycles. The number of nitrogens with zero attached hydrogens (tertiary/aromatic N) is 2. The van der Waals surface area contributed by atoms with E-state index in [-0.39, 0.29) is 11.3 Å². The second-order valence-electron chi connectivity index (χ2n) is 6.45. The number of rotatable bonds is 4. The van der Waals surface area contributed by atoms with Crippen molar-refractivity contribution in [1.29, 1.82) is 0 Å². The predicted molar refractivity (Wildman–Crippen MR) is 105 cm³/mol. The van der Waals surface area contributed by atoms with Gasteiger partial charge in [-0.2, -0.15) is 0 Å². The lowest BCUT2D eigenvalue weighted by molar-refractivity contribution is 0.101. The third kappa shape index (κ3) is 3.54. The van der Waals surface area contributed by atoms with Crippen molar-refractivity contribution in [2.75, 3.05) is 36.5 Å². The van der Waals surface area contributed by atoms with E-state index in [1.807, 2.05) is 24.3 Å². The zero-order valence-corrected chi connectivity index (χ0v) is 15.0. The van der Waals surface area contributed by atoms with Gasteiger partial charge in [0.1, 0.15) is 11.5 Å². The molecule has 7 heteroatoms. The van der Waals surface area contributed by atoms with E-state index in [0.29, 0.717) is 22.3 Å². The summed E-state index contributed by atoms with van der Waals surface area (Å²) in [7, 11) is 0. The molecule has 0 bridgehead atoms. The van der Waals surface area contributed by atoms with Gasteiger partial charge in [0.05, 0.1) is 18.6 Å². The van der Waals surface area contributed by atoms with Gasteiger partial charge in [-0.05, 0) is 41.8 Å². The fourth-order valence-electron chi connectivity index (χ4n) is 3.20. The number of carbonyl (C=O) groups is 1. The normalized spacial score (nSPS) is 14.3. The number of hydrogen-bond acceptors (Lipinski definition) is 6. The monoisotopic (exact) mass is 364 g/mol. The maximum absolute atomic E-state index is 12.3. The van der Waals surface area contributed by atoms with Gasteiger partial charge in [0.15, 0.2) is 5.78 Å². The van der Waals surface area contributed by atoms with Crippen LogP contribution in [-0.4, -0.2) is 42.1 Å². The van der Waals surface area contributed by atoms with E-state index >= 15 is 0 Å². The first-order valence-corrected chi connectivity index (χ1v) is 8.85. The number of H-pyrrole nitrogens is 1. The Balaban J connectivity index is 1.68. The minimum Gasteiger partial charge on any atom is -0.378 e. The number of morpholine rings is 1. The molecule has 7 nitrogen and oxygen atoms in total. The molecule has 1 fully saturated rings. The average molecular weight is 364 g/mol. The molecule has 1 saturated heterocycles. The van der Waals surface area contributed by atoms with E-state index < -0.39 is 0 Å². The highest BCUT2D eigenvalue weighted by atomic mass is 16.5. The molecule has 2 N–H and O–H groups in total. The zero-order valence-electron chi connectivity index (χ0n) is 15.0. The summed E-state index contributed by atoms with van der Waals surface area (Å²) in [4.78, 5) is 33.4. The van der Waals surface area contributed by atoms with Gasteiger partial charge in [-0.25, -0.2) is 4.98 Å². The fourth-order valence-corrected chi connectivity index (χ4v) is 3.20. The van der Waals surface area contributed by atoms with Gasteiger partial charge in [-0.3, -0.25) is 9.59 Å². The molecule has 138 valence electrons. The number of ether oxygens (including phenoxy) is 1. The topological polar surface area (TPSA) is 87.3 Å². The highest BCUT2D eigenvalue weighted by Crippen LogP contribution is 2.25. The molecule has 1 aliphatic rings. The number of ketones is 1. The molecule has 0 amide bonds. The number of carbonyl (C=O) groups excluding carboxylic acids is 1. The smallest absolute Gasteiger partial charge is 0.259 e. The SMILES string of the molecule is CC(=O)c1cc2cc[nH]c(=O)c2c(Nc2ccc(N3CCOCC3)cc2)n1. The molecule has 0 radical (unpaired) electrons. The number of fused-ring (bicyclic) bond motifs is 1. The summed E-state index contributed by atoms with van der Waals surface area (Å²) in [6.45, 7) is 4.67. The number of hydrogen-bond donors (Lipinski definition) is 2. The van der Waals surface area contributed by atoms with Gasteiger partial charge in [0, 0.05) is 37.6 Å². The Labute approximate surface area is 156 Å². The molecular weight excluding hydrogens is 344 g/mol. The molecular formula is C20H20N4O3. The molecule has 0 aliphatic carbocycles. The van der Waals surface area contributed by atoms with Gasteiger partial charge in [-0.15, -0.1) is 0 Å². The predicted octanol–water partition coefficient (Wildman–Crippen LogP) is 2.71. The Hall–Kier alpha value is -3.19. The lowest BCUT2D eigenvalue weighted by atomic mass is 10.1. The van der Waals surface area contributed by atoms with Gasteiger partial charge < -0.3 is 19.9 Å². The van der Waals surface area contributed by atoms with Crippen LogP contribution < -0.4 is 15.8 Å². The average Bonchev–Trinajstić information content (AvgIpc) is 2.69. The van der Waals surface area contributed by atoms with Gasteiger partial charge >= 0.3 is 0 Å². The summed E-state index contributed by atoms with van der Waals surface area (Å²) < 4.78 is 5.38. The molecule has 0 saturated carbocycles. The molecule has 27 heavy (non-hydrogen) atoms. The third-order valence-electron chi connectivity index (χ3n) is 4.62. The lowest BCUT2D eigenvalue weighted by Gasteiger charge is -2.28. The summed E-state index contributed by atoms with van der Waals surface area (Å²) in [5, 5.41) is 4.29. The van der Waals surface area contributed by atoms with E-state index in [1.165, 1.54) is 6.92 Å². The van der Waals surface area contributed by atoms with Crippen LogP contribution in [0.1, 0.15) is 17.4 Å². The van der Waals surface area contributed by atoms with Crippen molar-refractivity contribution in [2.24, 2.45) is 0 Å². The number of anilines is 3. The zero-order chi connectivity index (χ0) is 18.8. The van der Waals surface area contributed by atoms with E-state index in [9.17, 15) is 9.59 Å². The highest BCUT2D eigenvalue weighted by Gasteiger charge is 2.13. The molecule has 0 atom stereocenters. The van der Waals surface area contributed by atoms with Crippen molar-refractivity contribution >= 4 is 33.7 Å². The number of aromatic amines is 1. The first kappa shape index (κ1) is 17.2. The second-order valence-corrected chi connectivity index (χ2v) is 6.45. The van der Waals surface area contributed by atoms with E-state index in [0.717, 1.165) is 37.7 Å². The Bertz CT molecular complexity index is 1040. The van der Waals surface area contributed by atoms with Crippen LogP contribution in [0.3, 0.4) is 0 Å². The maximum atomic E-state index is 12.3. The second kappa shape index (κ2) is 7.20. The molecule has 1 aliphatic heterocycles. The Morgan fingerprint density at radius 2 is 1.93 bits per heavy atom. The largest absolute Gasteiger partial charge is 0.378 e. The molecule has 3 aromatic rings. The van der Waals surface area contributed by atoms with Crippen LogP contribution >= 0.6 is 0 Å². The van der Waals surface area contributed by atoms with Crippen molar-refractivity contribution in [1.82, 2.24) is 9.97 Å². The summed E-state index contributed by atoms with van der Waals surface area (Å²) >= 11 is 0. The first-order valence-electron chi connectivity index (χ1n) is 8.85. The number of Topliss-reactive ketones (excluding diaryl/α,β-unsaturated/α-hetero) is 1. The minimum absolute atomic E-state index is 0.150. The van der Waals surface area contributed by atoms with Crippen LogP contribution in [0.5, 0.6) is 0 Å². The van der Waals surface area contributed by atoms with Crippen LogP contribution in [0.15, 0.2) is 47.4 Å². The highest BCUT2D eigenvalue weighted by molar-refractivity contribution is 6.00. The summed E-state index contributed by atoms with van der Waals surface area (Å²) in [5.74, 6) is 0.224. The van der Waals surface area contributed by atoms with Crippen LogP contribution in [0, 0.1) is 0 Å². The minimum atomic E-state index is -0.248. The standard InChI is InChI=1S/C20H20N4O3/c1-13(25)17-12-14-6-7-21-20(26)18(14)19(23-17)22-15-2-4-16(5-3-15)24-8-10-27-11-9-24/h2-7,12H,8-11H2,1H3,(H,21,26)(H,22,23).